The van der Waals surface area contributed by atoms with Gasteiger partial charge in [-0.2, -0.15) is 0 Å². The minimum atomic E-state index is 0.859. The van der Waals surface area contributed by atoms with Crippen LogP contribution in [0.1, 0.15) is 0 Å². The van der Waals surface area contributed by atoms with Crippen LogP contribution in [0.4, 0.5) is 17.1 Å². The number of para-hydroxylation sites is 1. The molecular weight excluding hydrogens is 703 g/mol. The van der Waals surface area contributed by atoms with E-state index in [-0.39, 0.29) is 0 Å². The van der Waals surface area contributed by atoms with Crippen molar-refractivity contribution in [2.75, 3.05) is 4.90 Å². The predicted molar refractivity (Wildman–Crippen MR) is 245 cm³/mol. The van der Waals surface area contributed by atoms with Crippen molar-refractivity contribution in [3.63, 3.8) is 0 Å². The molecule has 272 valence electrons. The second kappa shape index (κ2) is 14.1. The van der Waals surface area contributed by atoms with Crippen molar-refractivity contribution in [2.24, 2.45) is 0 Å². The third kappa shape index (κ3) is 5.91. The zero-order valence-electron chi connectivity index (χ0n) is 31.7. The lowest BCUT2D eigenvalue weighted by molar-refractivity contribution is 0.632. The molecule has 0 N–H and O–H groups in total. The third-order valence-electron chi connectivity index (χ3n) is 11.4. The number of fused-ring (bicyclic) bond motifs is 5. The molecule has 0 radical (unpaired) electrons. The maximum atomic E-state index is 6.71. The molecule has 11 rings (SSSR count). The molecule has 2 heteroatoms. The molecule has 0 spiro atoms. The average molecular weight is 740 g/mol. The summed E-state index contributed by atoms with van der Waals surface area (Å²) >= 11 is 0. The molecule has 0 aliphatic rings. The molecule has 0 fully saturated rings. The summed E-state index contributed by atoms with van der Waals surface area (Å²) in [5, 5.41) is 8.60. The lowest BCUT2D eigenvalue weighted by Crippen LogP contribution is -2.10. The topological polar surface area (TPSA) is 16.4 Å². The highest BCUT2D eigenvalue weighted by Crippen LogP contribution is 2.44. The second-order valence-corrected chi connectivity index (χ2v) is 14.9. The van der Waals surface area contributed by atoms with Gasteiger partial charge in [0.2, 0.25) is 0 Å². The Labute approximate surface area is 337 Å². The summed E-state index contributed by atoms with van der Waals surface area (Å²) in [5.74, 6) is 0.859. The SMILES string of the molecule is c1ccc(-c2c(-c3cccc(N(c4ccc(-c5cc6ccccc6c6ccccc56)cc4)c4cccc(-c5ccc6ccccc6c5)c4)c3)oc3ccccc23)cc1. The number of nitrogens with zero attached hydrogens (tertiary/aromatic N) is 1. The van der Waals surface area contributed by atoms with Crippen molar-refractivity contribution in [1.29, 1.82) is 0 Å². The Bertz CT molecular complexity index is 3290. The molecule has 1 aromatic heterocycles. The number of rotatable bonds is 7. The van der Waals surface area contributed by atoms with Crippen LogP contribution in [-0.4, -0.2) is 0 Å². The monoisotopic (exact) mass is 739 g/mol. The van der Waals surface area contributed by atoms with E-state index in [1.54, 1.807) is 0 Å². The highest BCUT2D eigenvalue weighted by Gasteiger charge is 2.20. The van der Waals surface area contributed by atoms with Gasteiger partial charge in [-0.25, -0.2) is 0 Å². The summed E-state index contributed by atoms with van der Waals surface area (Å²) in [6.07, 6.45) is 0. The van der Waals surface area contributed by atoms with Crippen LogP contribution in [0.3, 0.4) is 0 Å². The fourth-order valence-electron chi connectivity index (χ4n) is 8.65. The molecule has 0 unspecified atom stereocenters. The van der Waals surface area contributed by atoms with E-state index in [1.165, 1.54) is 49.0 Å². The Kier molecular flexibility index (Phi) is 8.19. The van der Waals surface area contributed by atoms with Crippen LogP contribution in [0.5, 0.6) is 0 Å². The highest BCUT2D eigenvalue weighted by molar-refractivity contribution is 6.14. The van der Waals surface area contributed by atoms with Gasteiger partial charge in [0.15, 0.2) is 0 Å². The molecule has 0 saturated carbocycles. The van der Waals surface area contributed by atoms with Crippen molar-refractivity contribution < 1.29 is 4.42 Å². The summed E-state index contributed by atoms with van der Waals surface area (Å²) in [6.45, 7) is 0. The number of hydrogen-bond donors (Lipinski definition) is 0. The molecule has 0 amide bonds. The lowest BCUT2D eigenvalue weighted by atomic mass is 9.93. The van der Waals surface area contributed by atoms with Gasteiger partial charge in [-0.3, -0.25) is 0 Å². The smallest absolute Gasteiger partial charge is 0.143 e. The number of benzene rings is 10. The first-order valence-electron chi connectivity index (χ1n) is 19.8. The first kappa shape index (κ1) is 33.6. The van der Waals surface area contributed by atoms with Crippen LogP contribution in [0.2, 0.25) is 0 Å². The Balaban J connectivity index is 1.07. The minimum absolute atomic E-state index is 0.859. The normalized spacial score (nSPS) is 11.4. The minimum Gasteiger partial charge on any atom is -0.455 e. The quantitative estimate of drug-likeness (QED) is 0.151. The maximum Gasteiger partial charge on any atom is 0.143 e. The summed E-state index contributed by atoms with van der Waals surface area (Å²) in [5.41, 5.74) is 12.0. The van der Waals surface area contributed by atoms with Crippen LogP contribution in [0, 0.1) is 0 Å². The molecule has 2 nitrogen and oxygen atoms in total. The van der Waals surface area contributed by atoms with Crippen molar-refractivity contribution >= 4 is 60.3 Å². The van der Waals surface area contributed by atoms with Crippen molar-refractivity contribution in [2.45, 2.75) is 0 Å². The van der Waals surface area contributed by atoms with E-state index in [0.717, 1.165) is 56.0 Å². The van der Waals surface area contributed by atoms with Crippen molar-refractivity contribution in [1.82, 2.24) is 0 Å². The highest BCUT2D eigenvalue weighted by atomic mass is 16.3. The summed E-state index contributed by atoms with van der Waals surface area (Å²) in [7, 11) is 0. The van der Waals surface area contributed by atoms with E-state index in [0.29, 0.717) is 0 Å². The van der Waals surface area contributed by atoms with Crippen LogP contribution in [-0.2, 0) is 0 Å². The molecule has 0 aliphatic carbocycles. The maximum absolute atomic E-state index is 6.71. The Morgan fingerprint density at radius 2 is 0.862 bits per heavy atom. The van der Waals surface area contributed by atoms with Gasteiger partial charge >= 0.3 is 0 Å². The van der Waals surface area contributed by atoms with Crippen LogP contribution < -0.4 is 4.90 Å². The first-order chi connectivity index (χ1) is 28.7. The zero-order chi connectivity index (χ0) is 38.4. The number of hydrogen-bond acceptors (Lipinski definition) is 2. The second-order valence-electron chi connectivity index (χ2n) is 14.9. The molecular formula is C56H37NO. The van der Waals surface area contributed by atoms with Crippen LogP contribution in [0.15, 0.2) is 229 Å². The molecule has 0 aliphatic heterocycles. The van der Waals surface area contributed by atoms with Gasteiger partial charge in [0.25, 0.3) is 0 Å². The fourth-order valence-corrected chi connectivity index (χ4v) is 8.65. The Morgan fingerprint density at radius 3 is 1.66 bits per heavy atom. The first-order valence-corrected chi connectivity index (χ1v) is 19.8. The Hall–Kier alpha value is -7.68. The molecule has 58 heavy (non-hydrogen) atoms. The van der Waals surface area contributed by atoms with Gasteiger partial charge < -0.3 is 9.32 Å². The third-order valence-corrected chi connectivity index (χ3v) is 11.4. The number of furan rings is 1. The van der Waals surface area contributed by atoms with Crippen molar-refractivity contribution in [3.05, 3.63) is 224 Å². The molecule has 1 heterocycles. The van der Waals surface area contributed by atoms with Crippen LogP contribution >= 0.6 is 0 Å². The Morgan fingerprint density at radius 1 is 0.293 bits per heavy atom. The molecule has 10 aromatic carbocycles. The van der Waals surface area contributed by atoms with Gasteiger partial charge in [0.05, 0.1) is 0 Å². The standard InChI is InChI=1S/C56H37NO/c1-2-15-40(16-3-1)55-52-26-10-11-27-54(52)58-56(55)45-20-13-22-48(36-45)57(47-21-12-19-42(35-47)43-29-28-38-14-4-5-17-41(38)34-43)46-32-30-39(31-33-46)53-37-44-18-6-7-23-49(44)50-24-8-9-25-51(50)53/h1-37H. The summed E-state index contributed by atoms with van der Waals surface area (Å²) < 4.78 is 6.71. The van der Waals surface area contributed by atoms with E-state index < -0.39 is 0 Å². The largest absolute Gasteiger partial charge is 0.455 e. The van der Waals surface area contributed by atoms with Crippen molar-refractivity contribution in [3.8, 4) is 44.7 Å². The van der Waals surface area contributed by atoms with E-state index in [4.69, 9.17) is 4.42 Å². The van der Waals surface area contributed by atoms with E-state index in [2.05, 4.69) is 223 Å². The summed E-state index contributed by atoms with van der Waals surface area (Å²) in [6, 6.07) is 80.6. The van der Waals surface area contributed by atoms with E-state index in [1.807, 2.05) is 6.07 Å². The van der Waals surface area contributed by atoms with Gasteiger partial charge in [0, 0.05) is 33.6 Å². The molecule has 0 saturated heterocycles. The van der Waals surface area contributed by atoms with Gasteiger partial charge in [-0.05, 0) is 115 Å². The van der Waals surface area contributed by atoms with Crippen LogP contribution in [0.25, 0.3) is 88.0 Å². The summed E-state index contributed by atoms with van der Waals surface area (Å²) in [4.78, 5) is 2.36. The van der Waals surface area contributed by atoms with E-state index >= 15 is 0 Å². The zero-order valence-corrected chi connectivity index (χ0v) is 31.7. The van der Waals surface area contributed by atoms with Gasteiger partial charge in [0.1, 0.15) is 11.3 Å². The fraction of sp³-hybridized carbons (Fsp3) is 0. The van der Waals surface area contributed by atoms with E-state index in [9.17, 15) is 0 Å². The molecule has 0 bridgehead atoms. The molecule has 0 atom stereocenters. The lowest BCUT2D eigenvalue weighted by Gasteiger charge is -2.27. The van der Waals surface area contributed by atoms with Gasteiger partial charge in [-0.1, -0.05) is 170 Å². The van der Waals surface area contributed by atoms with Gasteiger partial charge in [-0.15, -0.1) is 0 Å². The number of anilines is 3. The average Bonchev–Trinajstić information content (AvgIpc) is 3.69. The molecule has 11 aromatic rings. The predicted octanol–water partition coefficient (Wildman–Crippen LogP) is 16.0.